The molecule has 0 bridgehead atoms. The Bertz CT molecular complexity index is 865. The molecular weight excluding hydrogens is 350 g/mol. The van der Waals surface area contributed by atoms with E-state index < -0.39 is 30.1 Å². The Balaban J connectivity index is 1.91. The molecule has 2 rings (SSSR count). The zero-order chi connectivity index (χ0) is 20.2. The van der Waals surface area contributed by atoms with E-state index in [4.69, 9.17) is 4.74 Å². The molecule has 27 heavy (non-hydrogen) atoms. The van der Waals surface area contributed by atoms with Crippen LogP contribution in [0, 0.1) is 0 Å². The molecule has 0 spiro atoms. The number of carbonyl (C=O) groups excluding carboxylic acids is 3. The zero-order valence-electron chi connectivity index (χ0n) is 15.3. The molecule has 0 saturated heterocycles. The minimum atomic E-state index is -0.954. The number of ether oxygens (including phenoxy) is 1. The second kappa shape index (κ2) is 7.90. The summed E-state index contributed by atoms with van der Waals surface area (Å²) in [6.07, 6.45) is 0. The van der Waals surface area contributed by atoms with E-state index in [1.54, 1.807) is 12.1 Å². The van der Waals surface area contributed by atoms with E-state index in [9.17, 15) is 24.6 Å². The van der Waals surface area contributed by atoms with Gasteiger partial charge in [-0.2, -0.15) is 0 Å². The number of benzene rings is 2. The van der Waals surface area contributed by atoms with E-state index in [1.807, 2.05) is 32.9 Å². The predicted molar refractivity (Wildman–Crippen MR) is 97.7 cm³/mol. The maximum Gasteiger partial charge on any atom is 0.342 e. The summed E-state index contributed by atoms with van der Waals surface area (Å²) in [6, 6.07) is 10.2. The highest BCUT2D eigenvalue weighted by Crippen LogP contribution is 2.23. The highest BCUT2D eigenvalue weighted by atomic mass is 16.5. The van der Waals surface area contributed by atoms with Crippen LogP contribution in [-0.4, -0.2) is 34.6 Å². The van der Waals surface area contributed by atoms with Crippen LogP contribution in [0.1, 0.15) is 47.1 Å². The first kappa shape index (κ1) is 20.0. The lowest BCUT2D eigenvalue weighted by Gasteiger charge is -2.19. The van der Waals surface area contributed by atoms with Gasteiger partial charge in [0.05, 0.1) is 0 Å². The number of phenols is 2. The van der Waals surface area contributed by atoms with Crippen LogP contribution >= 0.6 is 0 Å². The van der Waals surface area contributed by atoms with Gasteiger partial charge in [0.15, 0.2) is 6.61 Å². The molecule has 142 valence electrons. The highest BCUT2D eigenvalue weighted by molar-refractivity contribution is 6.05. The van der Waals surface area contributed by atoms with Crippen molar-refractivity contribution in [3.8, 4) is 11.5 Å². The number of phenolic OH excluding ortho intramolecular Hbond substituents is 2. The van der Waals surface area contributed by atoms with Crippen molar-refractivity contribution in [1.82, 2.24) is 5.32 Å². The third-order valence-corrected chi connectivity index (χ3v) is 3.80. The summed E-state index contributed by atoms with van der Waals surface area (Å²) in [5.74, 6) is -3.06. The Morgan fingerprint density at radius 2 is 1.63 bits per heavy atom. The Morgan fingerprint density at radius 3 is 2.19 bits per heavy atom. The smallest absolute Gasteiger partial charge is 0.342 e. The van der Waals surface area contributed by atoms with Gasteiger partial charge in [-0.25, -0.2) is 4.79 Å². The molecule has 2 amide bonds. The summed E-state index contributed by atoms with van der Waals surface area (Å²) in [5, 5.41) is 20.9. The van der Waals surface area contributed by atoms with E-state index in [-0.39, 0.29) is 16.7 Å². The number of aromatic hydroxyl groups is 2. The van der Waals surface area contributed by atoms with Gasteiger partial charge in [-0.1, -0.05) is 32.9 Å². The fourth-order valence-electron chi connectivity index (χ4n) is 2.26. The fourth-order valence-corrected chi connectivity index (χ4v) is 2.26. The molecule has 2 aromatic carbocycles. The maximum atomic E-state index is 12.1. The van der Waals surface area contributed by atoms with Gasteiger partial charge in [0.25, 0.3) is 11.8 Å². The van der Waals surface area contributed by atoms with E-state index in [0.717, 1.165) is 17.7 Å². The standard InChI is InChI=1S/C20H21NO6/c1-20(2,3)13-6-4-12(5-7-13)18(25)21-17(24)11-27-19(26)15-9-8-14(22)10-16(15)23/h4-10,22-23H,11H2,1-3H3,(H,21,24,25). The molecule has 0 aliphatic heterocycles. The summed E-state index contributed by atoms with van der Waals surface area (Å²) >= 11 is 0. The number of imide groups is 1. The Kier molecular flexibility index (Phi) is 5.85. The Hall–Kier alpha value is -3.35. The quantitative estimate of drug-likeness (QED) is 0.712. The van der Waals surface area contributed by atoms with E-state index in [0.29, 0.717) is 5.56 Å². The minimum Gasteiger partial charge on any atom is -0.508 e. The lowest BCUT2D eigenvalue weighted by molar-refractivity contribution is -0.123. The van der Waals surface area contributed by atoms with Crippen LogP contribution in [-0.2, 0) is 14.9 Å². The molecule has 0 aliphatic rings. The van der Waals surface area contributed by atoms with Crippen LogP contribution in [0.5, 0.6) is 11.5 Å². The summed E-state index contributed by atoms with van der Waals surface area (Å²) in [6.45, 7) is 5.45. The Labute approximate surface area is 156 Å². The van der Waals surface area contributed by atoms with Crippen molar-refractivity contribution >= 4 is 17.8 Å². The van der Waals surface area contributed by atoms with E-state index in [2.05, 4.69) is 5.32 Å². The van der Waals surface area contributed by atoms with Gasteiger partial charge in [0.2, 0.25) is 0 Å². The maximum absolute atomic E-state index is 12.1. The molecule has 0 aromatic heterocycles. The summed E-state index contributed by atoms with van der Waals surface area (Å²) in [5.41, 5.74) is 1.09. The van der Waals surface area contributed by atoms with Crippen molar-refractivity contribution < 1.29 is 29.3 Å². The molecular formula is C20H21NO6. The predicted octanol–water partition coefficient (Wildman–Crippen LogP) is 2.51. The average molecular weight is 371 g/mol. The van der Waals surface area contributed by atoms with Gasteiger partial charge in [0, 0.05) is 11.6 Å². The van der Waals surface area contributed by atoms with Gasteiger partial charge in [-0.3, -0.25) is 14.9 Å². The zero-order valence-corrected chi connectivity index (χ0v) is 15.3. The van der Waals surface area contributed by atoms with Crippen molar-refractivity contribution in [2.24, 2.45) is 0 Å². The third-order valence-electron chi connectivity index (χ3n) is 3.80. The largest absolute Gasteiger partial charge is 0.508 e. The first-order valence-corrected chi connectivity index (χ1v) is 8.22. The second-order valence-corrected chi connectivity index (χ2v) is 6.98. The fraction of sp³-hybridized carbons (Fsp3) is 0.250. The van der Waals surface area contributed by atoms with Crippen molar-refractivity contribution in [2.75, 3.05) is 6.61 Å². The summed E-state index contributed by atoms with van der Waals surface area (Å²) in [4.78, 5) is 35.7. The van der Waals surface area contributed by atoms with Crippen molar-refractivity contribution in [3.05, 3.63) is 59.2 Å². The first-order valence-electron chi connectivity index (χ1n) is 8.22. The normalized spacial score (nSPS) is 10.9. The minimum absolute atomic E-state index is 0.0567. The van der Waals surface area contributed by atoms with Crippen LogP contribution in [0.4, 0.5) is 0 Å². The van der Waals surface area contributed by atoms with E-state index in [1.165, 1.54) is 6.07 Å². The van der Waals surface area contributed by atoms with Crippen molar-refractivity contribution in [2.45, 2.75) is 26.2 Å². The molecule has 0 heterocycles. The van der Waals surface area contributed by atoms with Gasteiger partial charge in [-0.05, 0) is 35.2 Å². The second-order valence-electron chi connectivity index (χ2n) is 6.98. The lowest BCUT2D eigenvalue weighted by atomic mass is 9.87. The van der Waals surface area contributed by atoms with Crippen LogP contribution in [0.15, 0.2) is 42.5 Å². The Morgan fingerprint density at radius 1 is 1.00 bits per heavy atom. The van der Waals surface area contributed by atoms with Crippen molar-refractivity contribution in [3.63, 3.8) is 0 Å². The van der Waals surface area contributed by atoms with Gasteiger partial charge in [0.1, 0.15) is 17.1 Å². The number of esters is 1. The first-order chi connectivity index (χ1) is 12.6. The van der Waals surface area contributed by atoms with Crippen LogP contribution in [0.2, 0.25) is 0 Å². The molecule has 0 fully saturated rings. The average Bonchev–Trinajstić information content (AvgIpc) is 2.59. The number of carbonyl (C=O) groups is 3. The van der Waals surface area contributed by atoms with E-state index >= 15 is 0 Å². The monoisotopic (exact) mass is 371 g/mol. The molecule has 0 aliphatic carbocycles. The van der Waals surface area contributed by atoms with Gasteiger partial charge >= 0.3 is 5.97 Å². The molecule has 7 heteroatoms. The number of hydrogen-bond donors (Lipinski definition) is 3. The van der Waals surface area contributed by atoms with Crippen LogP contribution in [0.3, 0.4) is 0 Å². The highest BCUT2D eigenvalue weighted by Gasteiger charge is 2.18. The molecule has 0 unspecified atom stereocenters. The SMILES string of the molecule is CC(C)(C)c1ccc(C(=O)NC(=O)COC(=O)c2ccc(O)cc2O)cc1. The van der Waals surface area contributed by atoms with Crippen molar-refractivity contribution in [1.29, 1.82) is 0 Å². The number of hydrogen-bond acceptors (Lipinski definition) is 6. The number of amides is 2. The molecule has 2 aromatic rings. The molecule has 7 nitrogen and oxygen atoms in total. The summed E-state index contributed by atoms with van der Waals surface area (Å²) in [7, 11) is 0. The van der Waals surface area contributed by atoms with Gasteiger partial charge in [-0.15, -0.1) is 0 Å². The van der Waals surface area contributed by atoms with Gasteiger partial charge < -0.3 is 14.9 Å². The number of nitrogens with one attached hydrogen (secondary N) is 1. The molecule has 0 atom stereocenters. The lowest BCUT2D eigenvalue weighted by Crippen LogP contribution is -2.34. The summed E-state index contributed by atoms with van der Waals surface area (Å²) < 4.78 is 4.77. The molecule has 0 radical (unpaired) electrons. The molecule has 3 N–H and O–H groups in total. The van der Waals surface area contributed by atoms with Crippen LogP contribution < -0.4 is 5.32 Å². The number of rotatable bonds is 4. The molecule has 0 saturated carbocycles. The van der Waals surface area contributed by atoms with Crippen LogP contribution in [0.25, 0.3) is 0 Å². The topological polar surface area (TPSA) is 113 Å². The third kappa shape index (κ3) is 5.31.